The van der Waals surface area contributed by atoms with Gasteiger partial charge in [0.15, 0.2) is 11.0 Å². The first-order valence-corrected chi connectivity index (χ1v) is 11.8. The first kappa shape index (κ1) is 24.2. The predicted octanol–water partition coefficient (Wildman–Crippen LogP) is 5.00. The third-order valence-electron chi connectivity index (χ3n) is 5.28. The van der Waals surface area contributed by atoms with E-state index in [0.717, 1.165) is 16.8 Å². The van der Waals surface area contributed by atoms with Gasteiger partial charge in [-0.2, -0.15) is 0 Å². The Morgan fingerprint density at radius 3 is 2.37 bits per heavy atom. The Balaban J connectivity index is 1.61. The number of aryl methyl sites for hydroxylation is 1. The molecule has 0 atom stereocenters. The number of rotatable bonds is 9. The van der Waals surface area contributed by atoms with Gasteiger partial charge >= 0.3 is 0 Å². The number of nitrogens with one attached hydrogen (secondary N) is 1. The fourth-order valence-corrected chi connectivity index (χ4v) is 4.25. The molecule has 0 spiro atoms. The molecule has 180 valence electrons. The van der Waals surface area contributed by atoms with E-state index in [9.17, 15) is 4.79 Å². The van der Waals surface area contributed by atoms with Crippen molar-refractivity contribution in [2.45, 2.75) is 12.1 Å². The average molecular weight is 491 g/mol. The van der Waals surface area contributed by atoms with Gasteiger partial charge in [-0.25, -0.2) is 0 Å². The number of ether oxygens (including phenoxy) is 3. The summed E-state index contributed by atoms with van der Waals surface area (Å²) in [5.74, 6) is 2.41. The van der Waals surface area contributed by atoms with Gasteiger partial charge in [0.25, 0.3) is 0 Å². The molecule has 3 aromatic carbocycles. The number of para-hydroxylation sites is 2. The highest BCUT2D eigenvalue weighted by Crippen LogP contribution is 2.33. The van der Waals surface area contributed by atoms with Crippen LogP contribution < -0.4 is 19.5 Å². The Hall–Kier alpha value is -3.98. The summed E-state index contributed by atoms with van der Waals surface area (Å²) < 4.78 is 18.1. The SMILES string of the molecule is COc1ccc(NC(=O)CSc2nnc(-c3ccc(C)cc3)n2-c2ccccc2OC)c(OC)c1. The second-order valence-electron chi connectivity index (χ2n) is 7.58. The van der Waals surface area contributed by atoms with Gasteiger partial charge < -0.3 is 19.5 Å². The van der Waals surface area contributed by atoms with Crippen LogP contribution in [0.25, 0.3) is 17.1 Å². The Labute approximate surface area is 208 Å². The summed E-state index contributed by atoms with van der Waals surface area (Å²) in [5, 5.41) is 12.3. The first-order valence-electron chi connectivity index (χ1n) is 10.8. The van der Waals surface area contributed by atoms with Crippen LogP contribution >= 0.6 is 11.8 Å². The number of carbonyl (C=O) groups excluding carboxylic acids is 1. The molecule has 35 heavy (non-hydrogen) atoms. The van der Waals surface area contributed by atoms with Gasteiger partial charge in [0.05, 0.1) is 38.5 Å². The zero-order valence-corrected chi connectivity index (χ0v) is 20.8. The molecule has 4 rings (SSSR count). The van der Waals surface area contributed by atoms with E-state index in [-0.39, 0.29) is 11.7 Å². The van der Waals surface area contributed by atoms with E-state index in [1.807, 2.05) is 60.0 Å². The maximum atomic E-state index is 12.8. The number of anilines is 1. The second-order valence-corrected chi connectivity index (χ2v) is 8.53. The van der Waals surface area contributed by atoms with Crippen LogP contribution in [0.15, 0.2) is 71.9 Å². The monoisotopic (exact) mass is 490 g/mol. The van der Waals surface area contributed by atoms with Crippen LogP contribution in [-0.2, 0) is 4.79 Å². The molecule has 0 saturated carbocycles. The number of methoxy groups -OCH3 is 3. The smallest absolute Gasteiger partial charge is 0.234 e. The van der Waals surface area contributed by atoms with Gasteiger partial charge in [0.1, 0.15) is 17.2 Å². The van der Waals surface area contributed by atoms with Crippen molar-refractivity contribution in [3.63, 3.8) is 0 Å². The first-order chi connectivity index (χ1) is 17.0. The summed E-state index contributed by atoms with van der Waals surface area (Å²) in [7, 11) is 4.74. The van der Waals surface area contributed by atoms with Gasteiger partial charge in [-0.15, -0.1) is 10.2 Å². The molecular weight excluding hydrogens is 464 g/mol. The molecule has 1 heterocycles. The summed E-state index contributed by atoms with van der Waals surface area (Å²) in [6.45, 7) is 2.03. The van der Waals surface area contributed by atoms with Crippen LogP contribution in [0.1, 0.15) is 5.56 Å². The third kappa shape index (κ3) is 5.41. The van der Waals surface area contributed by atoms with Gasteiger partial charge in [-0.3, -0.25) is 9.36 Å². The molecule has 9 heteroatoms. The molecule has 0 unspecified atom stereocenters. The molecule has 0 aliphatic rings. The van der Waals surface area contributed by atoms with E-state index in [1.54, 1.807) is 39.5 Å². The number of aromatic nitrogens is 3. The topological polar surface area (TPSA) is 87.5 Å². The number of benzene rings is 3. The van der Waals surface area contributed by atoms with E-state index in [2.05, 4.69) is 15.5 Å². The van der Waals surface area contributed by atoms with Crippen LogP contribution in [0, 0.1) is 6.92 Å². The summed E-state index contributed by atoms with van der Waals surface area (Å²) in [6, 6.07) is 20.9. The Morgan fingerprint density at radius 1 is 0.914 bits per heavy atom. The van der Waals surface area contributed by atoms with E-state index < -0.39 is 0 Å². The molecule has 0 fully saturated rings. The molecule has 0 bridgehead atoms. The van der Waals surface area contributed by atoms with Crippen molar-refractivity contribution in [3.05, 3.63) is 72.3 Å². The van der Waals surface area contributed by atoms with E-state index >= 15 is 0 Å². The standard InChI is InChI=1S/C26H26N4O4S/c1-17-9-11-18(12-10-17)25-28-29-26(30(25)21-7-5-6-8-22(21)33-3)35-16-24(31)27-20-14-13-19(32-2)15-23(20)34-4/h5-15H,16H2,1-4H3,(H,27,31). The van der Waals surface area contributed by atoms with E-state index in [0.29, 0.717) is 33.9 Å². The molecule has 0 aliphatic carbocycles. The third-order valence-corrected chi connectivity index (χ3v) is 6.21. The van der Waals surface area contributed by atoms with Crippen molar-refractivity contribution in [1.29, 1.82) is 0 Å². The minimum absolute atomic E-state index is 0.121. The van der Waals surface area contributed by atoms with Crippen molar-refractivity contribution in [1.82, 2.24) is 14.8 Å². The highest BCUT2D eigenvalue weighted by molar-refractivity contribution is 7.99. The lowest BCUT2D eigenvalue weighted by Crippen LogP contribution is -2.15. The highest BCUT2D eigenvalue weighted by atomic mass is 32.2. The molecule has 8 nitrogen and oxygen atoms in total. The lowest BCUT2D eigenvalue weighted by atomic mass is 10.1. The highest BCUT2D eigenvalue weighted by Gasteiger charge is 2.20. The number of carbonyl (C=O) groups is 1. The quantitative estimate of drug-likeness (QED) is 0.330. The van der Waals surface area contributed by atoms with E-state index in [4.69, 9.17) is 14.2 Å². The molecule has 0 radical (unpaired) electrons. The normalized spacial score (nSPS) is 10.6. The number of nitrogens with zero attached hydrogens (tertiary/aromatic N) is 3. The van der Waals surface area contributed by atoms with Gasteiger partial charge in [0, 0.05) is 11.6 Å². The summed E-state index contributed by atoms with van der Waals surface area (Å²) in [5.41, 5.74) is 3.41. The van der Waals surface area contributed by atoms with Gasteiger partial charge in [-0.1, -0.05) is 53.7 Å². The van der Waals surface area contributed by atoms with E-state index in [1.165, 1.54) is 11.8 Å². The zero-order chi connectivity index (χ0) is 24.8. The van der Waals surface area contributed by atoms with Crippen LogP contribution in [0.2, 0.25) is 0 Å². The van der Waals surface area contributed by atoms with Crippen LogP contribution in [0.3, 0.4) is 0 Å². The molecule has 1 amide bonds. The van der Waals surface area contributed by atoms with Gasteiger partial charge in [0.2, 0.25) is 5.91 Å². The Morgan fingerprint density at radius 2 is 1.66 bits per heavy atom. The van der Waals surface area contributed by atoms with Crippen LogP contribution in [0.4, 0.5) is 5.69 Å². The second kappa shape index (κ2) is 11.0. The largest absolute Gasteiger partial charge is 0.497 e. The summed E-state index contributed by atoms with van der Waals surface area (Å²) >= 11 is 1.28. The van der Waals surface area contributed by atoms with Crippen molar-refractivity contribution in [2.75, 3.05) is 32.4 Å². The summed E-state index contributed by atoms with van der Waals surface area (Å²) in [4.78, 5) is 12.8. The van der Waals surface area contributed by atoms with Crippen molar-refractivity contribution in [2.24, 2.45) is 0 Å². The predicted molar refractivity (Wildman–Crippen MR) is 137 cm³/mol. The minimum atomic E-state index is -0.204. The molecule has 1 N–H and O–H groups in total. The number of thioether (sulfide) groups is 1. The minimum Gasteiger partial charge on any atom is -0.497 e. The zero-order valence-electron chi connectivity index (χ0n) is 19.9. The maximum absolute atomic E-state index is 12.8. The number of amides is 1. The molecule has 0 saturated heterocycles. The fourth-order valence-electron chi connectivity index (χ4n) is 3.50. The fraction of sp³-hybridized carbons (Fsp3) is 0.192. The number of hydrogen-bond donors (Lipinski definition) is 1. The maximum Gasteiger partial charge on any atom is 0.234 e. The lowest BCUT2D eigenvalue weighted by molar-refractivity contribution is -0.113. The molecule has 0 aliphatic heterocycles. The Kier molecular flexibility index (Phi) is 7.57. The van der Waals surface area contributed by atoms with Crippen molar-refractivity contribution < 1.29 is 19.0 Å². The Bertz CT molecular complexity index is 1320. The van der Waals surface area contributed by atoms with Crippen molar-refractivity contribution in [3.8, 4) is 34.3 Å². The average Bonchev–Trinajstić information content (AvgIpc) is 3.31. The van der Waals surface area contributed by atoms with Crippen LogP contribution in [0.5, 0.6) is 17.2 Å². The number of hydrogen-bond acceptors (Lipinski definition) is 7. The molecule has 1 aromatic heterocycles. The van der Waals surface area contributed by atoms with Gasteiger partial charge in [-0.05, 0) is 31.2 Å². The molecule has 4 aromatic rings. The molecular formula is C26H26N4O4S. The van der Waals surface area contributed by atoms with Crippen LogP contribution in [-0.4, -0.2) is 47.8 Å². The van der Waals surface area contributed by atoms with Crippen molar-refractivity contribution >= 4 is 23.4 Å². The summed E-state index contributed by atoms with van der Waals surface area (Å²) in [6.07, 6.45) is 0. The lowest BCUT2D eigenvalue weighted by Gasteiger charge is -2.14.